The number of carboxylic acids is 1. The van der Waals surface area contributed by atoms with Crippen LogP contribution in [-0.2, 0) is 11.2 Å². The third kappa shape index (κ3) is 3.92. The van der Waals surface area contributed by atoms with Crippen LogP contribution in [0.15, 0.2) is 0 Å². The van der Waals surface area contributed by atoms with Crippen molar-refractivity contribution < 1.29 is 32.9 Å². The Labute approximate surface area is 102 Å². The summed E-state index contributed by atoms with van der Waals surface area (Å²) in [6.07, 6.45) is 1.68. The fourth-order valence-corrected chi connectivity index (χ4v) is 2.10. The van der Waals surface area contributed by atoms with Gasteiger partial charge >= 0.3 is 18.9 Å². The van der Waals surface area contributed by atoms with Crippen molar-refractivity contribution >= 4 is 29.3 Å². The van der Waals surface area contributed by atoms with E-state index in [1.807, 2.05) is 0 Å². The minimum absolute atomic E-state index is 0. The molecule has 72 valence electrons. The van der Waals surface area contributed by atoms with E-state index in [4.69, 9.17) is 4.18 Å². The van der Waals surface area contributed by atoms with Gasteiger partial charge in [-0.15, -0.1) is 0 Å². The number of aliphatic carboxylic acids is 1. The van der Waals surface area contributed by atoms with Crippen LogP contribution in [0.1, 0.15) is 10.6 Å². The first kappa shape index (κ1) is 13.8. The standard InChI is InChI=1S/C7H9NO3S2.Li/c1-4-5(3-6(9)10)13-7(8-4)11-12-2;/h3H2,1-2H3,(H,9,10);/q;+1/p-1. The fourth-order valence-electron chi connectivity index (χ4n) is 0.803. The van der Waals surface area contributed by atoms with Gasteiger partial charge in [0.05, 0.1) is 17.7 Å². The maximum atomic E-state index is 10.3. The van der Waals surface area contributed by atoms with Crippen molar-refractivity contribution in [2.24, 2.45) is 0 Å². The molecular formula is C7H8LiNO3S2. The summed E-state index contributed by atoms with van der Waals surface area (Å²) < 4.78 is 5.06. The van der Waals surface area contributed by atoms with Gasteiger partial charge in [-0.25, -0.2) is 4.98 Å². The molecular weight excluding hydrogens is 217 g/mol. The molecule has 0 aliphatic rings. The van der Waals surface area contributed by atoms with Crippen LogP contribution in [0.4, 0.5) is 0 Å². The Morgan fingerprint density at radius 3 is 2.86 bits per heavy atom. The van der Waals surface area contributed by atoms with Crippen molar-refractivity contribution in [1.82, 2.24) is 4.98 Å². The fraction of sp³-hybridized carbons (Fsp3) is 0.429. The average Bonchev–Trinajstić information content (AvgIpc) is 2.31. The molecule has 0 radical (unpaired) electrons. The van der Waals surface area contributed by atoms with Gasteiger partial charge in [-0.3, -0.25) is 0 Å². The van der Waals surface area contributed by atoms with Crippen molar-refractivity contribution in [3.63, 3.8) is 0 Å². The zero-order chi connectivity index (χ0) is 9.84. The maximum Gasteiger partial charge on any atom is 1.00 e. The summed E-state index contributed by atoms with van der Waals surface area (Å²) in [5.74, 6) is -1.09. The van der Waals surface area contributed by atoms with E-state index in [1.54, 1.807) is 13.2 Å². The number of carbonyl (C=O) groups is 1. The number of thiazole rings is 1. The van der Waals surface area contributed by atoms with E-state index >= 15 is 0 Å². The van der Waals surface area contributed by atoms with E-state index in [2.05, 4.69) is 4.98 Å². The molecule has 0 saturated heterocycles. The smallest absolute Gasteiger partial charge is 0.550 e. The number of hydrogen-bond acceptors (Lipinski definition) is 6. The summed E-state index contributed by atoms with van der Waals surface area (Å²) >= 11 is 2.42. The normalized spacial score (nSPS) is 9.29. The first-order valence-corrected chi connectivity index (χ1v) is 5.47. The minimum Gasteiger partial charge on any atom is -0.550 e. The van der Waals surface area contributed by atoms with E-state index in [-0.39, 0.29) is 25.3 Å². The van der Waals surface area contributed by atoms with Gasteiger partial charge in [-0.2, -0.15) is 0 Å². The Balaban J connectivity index is 0.00000169. The van der Waals surface area contributed by atoms with Gasteiger partial charge in [0.2, 0.25) is 0 Å². The molecule has 1 aromatic heterocycles. The third-order valence-corrected chi connectivity index (χ3v) is 2.80. The summed E-state index contributed by atoms with van der Waals surface area (Å²) in [5.41, 5.74) is 0.693. The van der Waals surface area contributed by atoms with E-state index in [0.29, 0.717) is 15.8 Å². The average molecular weight is 225 g/mol. The van der Waals surface area contributed by atoms with Crippen LogP contribution in [0.5, 0.6) is 5.19 Å². The second-order valence-electron chi connectivity index (χ2n) is 2.29. The van der Waals surface area contributed by atoms with Crippen LogP contribution >= 0.6 is 23.4 Å². The largest absolute Gasteiger partial charge is 1.00 e. The Kier molecular flexibility index (Phi) is 6.28. The molecule has 0 saturated carbocycles. The molecule has 0 spiro atoms. The number of carboxylic acid groups (broad SMARTS) is 1. The molecule has 7 heteroatoms. The Bertz CT molecular complexity index is 316. The molecule has 0 aliphatic carbocycles. The number of carbonyl (C=O) groups excluding carboxylic acids is 1. The molecule has 1 aromatic rings. The predicted octanol–water partition coefficient (Wildman–Crippen LogP) is -2.60. The van der Waals surface area contributed by atoms with Crippen molar-refractivity contribution in [3.8, 4) is 5.19 Å². The molecule has 0 amide bonds. The third-order valence-electron chi connectivity index (χ3n) is 1.33. The van der Waals surface area contributed by atoms with Crippen LogP contribution in [0.3, 0.4) is 0 Å². The number of aromatic nitrogens is 1. The van der Waals surface area contributed by atoms with Gasteiger partial charge in [0, 0.05) is 23.5 Å². The molecule has 0 atom stereocenters. The zero-order valence-electron chi connectivity index (χ0n) is 8.20. The number of nitrogens with zero attached hydrogens (tertiary/aromatic N) is 1. The minimum atomic E-state index is -1.09. The van der Waals surface area contributed by atoms with Crippen LogP contribution in [0, 0.1) is 6.92 Å². The molecule has 1 heterocycles. The summed E-state index contributed by atoms with van der Waals surface area (Å²) in [4.78, 5) is 15.0. The number of rotatable bonds is 4. The molecule has 0 aromatic carbocycles. The topological polar surface area (TPSA) is 62.2 Å². The molecule has 14 heavy (non-hydrogen) atoms. The summed E-state index contributed by atoms with van der Waals surface area (Å²) in [5, 5.41) is 10.8. The van der Waals surface area contributed by atoms with E-state index in [9.17, 15) is 9.90 Å². The number of hydrogen-bond donors (Lipinski definition) is 0. The molecule has 0 unspecified atom stereocenters. The Hall–Kier alpha value is -0.153. The van der Waals surface area contributed by atoms with Gasteiger partial charge in [0.1, 0.15) is 0 Å². The maximum absolute atomic E-state index is 10.3. The summed E-state index contributed by atoms with van der Waals surface area (Å²) in [6, 6.07) is 0. The van der Waals surface area contributed by atoms with Gasteiger partial charge in [-0.05, 0) is 6.92 Å². The van der Waals surface area contributed by atoms with Gasteiger partial charge in [0.15, 0.2) is 0 Å². The van der Waals surface area contributed by atoms with Crippen LogP contribution in [0.25, 0.3) is 0 Å². The van der Waals surface area contributed by atoms with Crippen LogP contribution in [0.2, 0.25) is 0 Å². The molecule has 0 N–H and O–H groups in total. The Morgan fingerprint density at radius 2 is 2.36 bits per heavy atom. The van der Waals surface area contributed by atoms with Gasteiger partial charge < -0.3 is 14.1 Å². The van der Waals surface area contributed by atoms with Crippen molar-refractivity contribution in [2.45, 2.75) is 13.3 Å². The molecule has 0 bridgehead atoms. The van der Waals surface area contributed by atoms with E-state index in [1.165, 1.54) is 23.4 Å². The molecule has 4 nitrogen and oxygen atoms in total. The zero-order valence-corrected chi connectivity index (χ0v) is 9.83. The molecule has 0 fully saturated rings. The summed E-state index contributed by atoms with van der Waals surface area (Å²) in [7, 11) is 0. The quantitative estimate of drug-likeness (QED) is 0.415. The first-order valence-electron chi connectivity index (χ1n) is 3.50. The molecule has 0 aliphatic heterocycles. The van der Waals surface area contributed by atoms with E-state index < -0.39 is 5.97 Å². The SMILES string of the molecule is CSOc1nc(C)c(CC(=O)[O-])s1.[Li+]. The van der Waals surface area contributed by atoms with Crippen molar-refractivity contribution in [1.29, 1.82) is 0 Å². The first-order chi connectivity index (χ1) is 6.13. The van der Waals surface area contributed by atoms with Crippen LogP contribution < -0.4 is 28.2 Å². The van der Waals surface area contributed by atoms with Gasteiger partial charge in [0.25, 0.3) is 5.19 Å². The van der Waals surface area contributed by atoms with Crippen molar-refractivity contribution in [3.05, 3.63) is 10.6 Å². The van der Waals surface area contributed by atoms with Crippen LogP contribution in [-0.4, -0.2) is 17.2 Å². The Morgan fingerprint density at radius 1 is 1.71 bits per heavy atom. The van der Waals surface area contributed by atoms with Crippen molar-refractivity contribution in [2.75, 3.05) is 6.26 Å². The summed E-state index contributed by atoms with van der Waals surface area (Å²) in [6.45, 7) is 1.75. The van der Waals surface area contributed by atoms with E-state index in [0.717, 1.165) is 0 Å². The second kappa shape index (κ2) is 6.35. The van der Waals surface area contributed by atoms with Gasteiger partial charge in [-0.1, -0.05) is 11.3 Å². The number of aryl methyl sites for hydroxylation is 1. The molecule has 1 rings (SSSR count). The predicted molar refractivity (Wildman–Crippen MR) is 49.7 cm³/mol. The second-order valence-corrected chi connectivity index (χ2v) is 3.83. The monoisotopic (exact) mass is 225 g/mol.